The molecule has 7 heteroatoms. The van der Waals surface area contributed by atoms with Gasteiger partial charge < -0.3 is 4.90 Å². The van der Waals surface area contributed by atoms with E-state index in [0.29, 0.717) is 30.2 Å². The average molecular weight is 376 g/mol. The van der Waals surface area contributed by atoms with Gasteiger partial charge in [0.1, 0.15) is 0 Å². The molecule has 1 atom stereocenters. The number of carbonyl (C=O) groups excluding carboxylic acids is 1. The van der Waals surface area contributed by atoms with E-state index in [2.05, 4.69) is 0 Å². The zero-order chi connectivity index (χ0) is 16.9. The summed E-state index contributed by atoms with van der Waals surface area (Å²) in [5, 5.41) is 0.692. The van der Waals surface area contributed by atoms with E-state index >= 15 is 0 Å². The molecule has 0 aliphatic carbocycles. The monoisotopic (exact) mass is 375 g/mol. The fourth-order valence-corrected chi connectivity index (χ4v) is 5.63. The summed E-state index contributed by atoms with van der Waals surface area (Å²) in [5.74, 6) is 0.978. The molecule has 128 valence electrons. The van der Waals surface area contributed by atoms with E-state index in [4.69, 9.17) is 11.6 Å². The van der Waals surface area contributed by atoms with Crippen molar-refractivity contribution in [3.8, 4) is 0 Å². The van der Waals surface area contributed by atoms with E-state index in [0.717, 1.165) is 11.3 Å². The molecule has 1 saturated heterocycles. The minimum atomic E-state index is -2.98. The van der Waals surface area contributed by atoms with E-state index < -0.39 is 9.84 Å². The fourth-order valence-electron chi connectivity index (χ4n) is 2.73. The van der Waals surface area contributed by atoms with Crippen LogP contribution >= 0.6 is 23.4 Å². The lowest BCUT2D eigenvalue weighted by molar-refractivity contribution is -0.132. The molecule has 1 aromatic rings. The number of nitrogens with zero attached hydrogens (tertiary/aromatic N) is 1. The van der Waals surface area contributed by atoms with Gasteiger partial charge in [0, 0.05) is 29.7 Å². The van der Waals surface area contributed by atoms with Crippen LogP contribution in [0.5, 0.6) is 0 Å². The van der Waals surface area contributed by atoms with Gasteiger partial charge in [0.25, 0.3) is 0 Å². The number of halogens is 1. The Morgan fingerprint density at radius 3 is 2.74 bits per heavy atom. The quantitative estimate of drug-likeness (QED) is 0.686. The maximum atomic E-state index is 12.5. The van der Waals surface area contributed by atoms with Crippen molar-refractivity contribution >= 4 is 39.1 Å². The normalized spacial score (nSPS) is 19.7. The summed E-state index contributed by atoms with van der Waals surface area (Å²) >= 11 is 7.66. The largest absolute Gasteiger partial charge is 0.339 e. The van der Waals surface area contributed by atoms with Gasteiger partial charge in [-0.25, -0.2) is 8.42 Å². The lowest BCUT2D eigenvalue weighted by Crippen LogP contribution is -2.41. The Morgan fingerprint density at radius 2 is 2.13 bits per heavy atom. The molecule has 1 fully saturated rings. The van der Waals surface area contributed by atoms with Gasteiger partial charge in [-0.3, -0.25) is 4.79 Å². The van der Waals surface area contributed by atoms with Crippen molar-refractivity contribution in [2.24, 2.45) is 0 Å². The van der Waals surface area contributed by atoms with Crippen molar-refractivity contribution in [3.63, 3.8) is 0 Å². The highest BCUT2D eigenvalue weighted by atomic mass is 35.5. The molecule has 0 N–H and O–H groups in total. The zero-order valence-corrected chi connectivity index (χ0v) is 15.6. The standard InChI is InChI=1S/C16H22ClNO3S2/c1-2-9-18(13-8-11-23(20,21)12-13)16(19)7-10-22-15-6-4-3-5-14(15)17/h3-6,13H,2,7-12H2,1H3. The molecule has 1 amide bonds. The third kappa shape index (κ3) is 5.40. The number of sulfone groups is 1. The number of amides is 1. The molecule has 0 radical (unpaired) electrons. The van der Waals surface area contributed by atoms with Gasteiger partial charge in [0.2, 0.25) is 5.91 Å². The maximum Gasteiger partial charge on any atom is 0.223 e. The smallest absolute Gasteiger partial charge is 0.223 e. The molecular formula is C16H22ClNO3S2. The van der Waals surface area contributed by atoms with E-state index in [1.807, 2.05) is 31.2 Å². The predicted octanol–water partition coefficient (Wildman–Crippen LogP) is 3.25. The summed E-state index contributed by atoms with van der Waals surface area (Å²) in [4.78, 5) is 15.2. The minimum absolute atomic E-state index is 0.0357. The van der Waals surface area contributed by atoms with E-state index in [1.165, 1.54) is 0 Å². The molecule has 1 unspecified atom stereocenters. The first kappa shape index (κ1) is 18.6. The topological polar surface area (TPSA) is 54.5 Å². The van der Waals surface area contributed by atoms with Gasteiger partial charge in [-0.15, -0.1) is 11.8 Å². The Bertz CT molecular complexity index is 648. The van der Waals surface area contributed by atoms with Gasteiger partial charge in [-0.2, -0.15) is 0 Å². The molecular weight excluding hydrogens is 354 g/mol. The van der Waals surface area contributed by atoms with Crippen LogP contribution in [0.15, 0.2) is 29.2 Å². The lowest BCUT2D eigenvalue weighted by Gasteiger charge is -2.28. The number of hydrogen-bond donors (Lipinski definition) is 0. The van der Waals surface area contributed by atoms with Crippen LogP contribution in [0.4, 0.5) is 0 Å². The van der Waals surface area contributed by atoms with E-state index in [-0.39, 0.29) is 23.5 Å². The first-order chi connectivity index (χ1) is 10.9. The third-order valence-corrected chi connectivity index (χ3v) is 7.11. The summed E-state index contributed by atoms with van der Waals surface area (Å²) < 4.78 is 23.3. The number of rotatable bonds is 7. The summed E-state index contributed by atoms with van der Waals surface area (Å²) in [5.41, 5.74) is 0. The Labute approximate surface area is 147 Å². The third-order valence-electron chi connectivity index (χ3n) is 3.84. The Kier molecular flexibility index (Phi) is 6.80. The van der Waals surface area contributed by atoms with Crippen molar-refractivity contribution < 1.29 is 13.2 Å². The van der Waals surface area contributed by atoms with Crippen LogP contribution in [0.2, 0.25) is 5.02 Å². The molecule has 0 spiro atoms. The fraction of sp³-hybridized carbons (Fsp3) is 0.562. The van der Waals surface area contributed by atoms with Crippen LogP contribution in [0.25, 0.3) is 0 Å². The van der Waals surface area contributed by atoms with Gasteiger partial charge in [0.05, 0.1) is 16.5 Å². The highest BCUT2D eigenvalue weighted by Crippen LogP contribution is 2.27. The number of hydrogen-bond acceptors (Lipinski definition) is 4. The van der Waals surface area contributed by atoms with Crippen molar-refractivity contribution in [1.82, 2.24) is 4.90 Å². The van der Waals surface area contributed by atoms with Crippen molar-refractivity contribution in [2.75, 3.05) is 23.8 Å². The zero-order valence-electron chi connectivity index (χ0n) is 13.2. The average Bonchev–Trinajstić information content (AvgIpc) is 2.86. The molecule has 1 aliphatic heterocycles. The highest BCUT2D eigenvalue weighted by molar-refractivity contribution is 7.99. The van der Waals surface area contributed by atoms with Crippen molar-refractivity contribution in [3.05, 3.63) is 29.3 Å². The van der Waals surface area contributed by atoms with Gasteiger partial charge in [0.15, 0.2) is 9.84 Å². The number of carbonyl (C=O) groups is 1. The summed E-state index contributed by atoms with van der Waals surface area (Å²) in [7, 11) is -2.98. The van der Waals surface area contributed by atoms with Gasteiger partial charge in [-0.05, 0) is 25.0 Å². The molecule has 0 bridgehead atoms. The lowest BCUT2D eigenvalue weighted by atomic mass is 10.2. The van der Waals surface area contributed by atoms with E-state index in [1.54, 1.807) is 16.7 Å². The van der Waals surface area contributed by atoms with Crippen LogP contribution in [-0.4, -0.2) is 49.1 Å². The van der Waals surface area contributed by atoms with Crippen molar-refractivity contribution in [2.45, 2.75) is 37.1 Å². The summed E-state index contributed by atoms with van der Waals surface area (Å²) in [6.45, 7) is 2.62. The molecule has 4 nitrogen and oxygen atoms in total. The predicted molar refractivity (Wildman–Crippen MR) is 95.9 cm³/mol. The number of thioether (sulfide) groups is 1. The maximum absolute atomic E-state index is 12.5. The molecule has 1 aromatic carbocycles. The molecule has 1 aliphatic rings. The van der Waals surface area contributed by atoms with Gasteiger partial charge >= 0.3 is 0 Å². The molecule has 2 rings (SSSR count). The van der Waals surface area contributed by atoms with Crippen LogP contribution < -0.4 is 0 Å². The second kappa shape index (κ2) is 8.40. The Hall–Kier alpha value is -0.720. The molecule has 0 aromatic heterocycles. The van der Waals surface area contributed by atoms with E-state index in [9.17, 15) is 13.2 Å². The van der Waals surface area contributed by atoms with Crippen LogP contribution in [0.3, 0.4) is 0 Å². The van der Waals surface area contributed by atoms with Gasteiger partial charge in [-0.1, -0.05) is 30.7 Å². The summed E-state index contributed by atoms with van der Waals surface area (Å²) in [6, 6.07) is 7.41. The second-order valence-electron chi connectivity index (χ2n) is 5.67. The second-order valence-corrected chi connectivity index (χ2v) is 9.45. The van der Waals surface area contributed by atoms with Crippen LogP contribution in [0.1, 0.15) is 26.2 Å². The molecule has 23 heavy (non-hydrogen) atoms. The SMILES string of the molecule is CCCN(C(=O)CCSc1ccccc1Cl)C1CCS(=O)(=O)C1. The molecule has 0 saturated carbocycles. The van der Waals surface area contributed by atoms with Crippen molar-refractivity contribution in [1.29, 1.82) is 0 Å². The Balaban J connectivity index is 1.90. The minimum Gasteiger partial charge on any atom is -0.339 e. The summed E-state index contributed by atoms with van der Waals surface area (Å²) in [6.07, 6.45) is 1.79. The van der Waals surface area contributed by atoms with Crippen LogP contribution in [-0.2, 0) is 14.6 Å². The first-order valence-electron chi connectivity index (χ1n) is 7.80. The van der Waals surface area contributed by atoms with Crippen LogP contribution in [0, 0.1) is 0 Å². The Morgan fingerprint density at radius 1 is 1.39 bits per heavy atom. The number of benzene rings is 1. The first-order valence-corrected chi connectivity index (χ1v) is 11.0. The molecule has 1 heterocycles. The highest BCUT2D eigenvalue weighted by Gasteiger charge is 2.33.